The third-order valence-electron chi connectivity index (χ3n) is 2.67. The number of rotatable bonds is 3. The minimum Gasteiger partial charge on any atom is -0.280 e. The van der Waals surface area contributed by atoms with Crippen LogP contribution in [0.3, 0.4) is 0 Å². The summed E-state index contributed by atoms with van der Waals surface area (Å²) in [7, 11) is -3.80. The van der Waals surface area contributed by atoms with E-state index < -0.39 is 10.0 Å². The lowest BCUT2D eigenvalue weighted by atomic mass is 10.3. The molecule has 0 unspecified atom stereocenters. The molecule has 8 heteroatoms. The highest BCUT2D eigenvalue weighted by atomic mass is 79.9. The highest BCUT2D eigenvalue weighted by molar-refractivity contribution is 9.10. The average Bonchev–Trinajstić information content (AvgIpc) is 2.60. The molecule has 0 aliphatic rings. The molecule has 0 aliphatic carbocycles. The van der Waals surface area contributed by atoms with Crippen LogP contribution in [-0.2, 0) is 10.0 Å². The lowest BCUT2D eigenvalue weighted by molar-refractivity contribution is 0.600. The van der Waals surface area contributed by atoms with Crippen molar-refractivity contribution in [3.63, 3.8) is 0 Å². The first-order valence-electron chi connectivity index (χ1n) is 5.31. The van der Waals surface area contributed by atoms with E-state index in [0.29, 0.717) is 4.47 Å². The molecule has 0 saturated heterocycles. The number of halogens is 2. The predicted octanol–water partition coefficient (Wildman–Crippen LogP) is 3.24. The Morgan fingerprint density at radius 2 is 2.05 bits per heavy atom. The van der Waals surface area contributed by atoms with Gasteiger partial charge in [0.1, 0.15) is 4.90 Å². The zero-order chi connectivity index (χ0) is 14.2. The Morgan fingerprint density at radius 3 is 2.58 bits per heavy atom. The molecule has 5 nitrogen and oxygen atoms in total. The van der Waals surface area contributed by atoms with Crippen LogP contribution in [0.1, 0.15) is 11.3 Å². The number of sulfonamides is 1. The lowest BCUT2D eigenvalue weighted by Gasteiger charge is -2.09. The Kier molecular flexibility index (Phi) is 3.89. The zero-order valence-electron chi connectivity index (χ0n) is 10.2. The number of hydrogen-bond donors (Lipinski definition) is 2. The van der Waals surface area contributed by atoms with Crippen LogP contribution >= 0.6 is 27.5 Å². The van der Waals surface area contributed by atoms with E-state index in [1.54, 1.807) is 19.1 Å². The molecule has 1 aromatic carbocycles. The minimum atomic E-state index is -3.80. The summed E-state index contributed by atoms with van der Waals surface area (Å²) in [6, 6.07) is 4.79. The second-order valence-electron chi connectivity index (χ2n) is 3.98. The summed E-state index contributed by atoms with van der Waals surface area (Å²) in [5.41, 5.74) is 1.54. The first-order chi connectivity index (χ1) is 8.83. The van der Waals surface area contributed by atoms with Gasteiger partial charge in [0.25, 0.3) is 10.0 Å². The SMILES string of the molecule is Cc1[nH]nc(NS(=O)(=O)c2c(Cl)cccc2Br)c1C. The van der Waals surface area contributed by atoms with Crippen LogP contribution < -0.4 is 4.72 Å². The Morgan fingerprint density at radius 1 is 1.37 bits per heavy atom. The van der Waals surface area contributed by atoms with Crippen molar-refractivity contribution >= 4 is 43.4 Å². The molecule has 0 atom stereocenters. The van der Waals surface area contributed by atoms with Gasteiger partial charge in [0, 0.05) is 15.7 Å². The molecule has 1 heterocycles. The third kappa shape index (κ3) is 2.77. The van der Waals surface area contributed by atoms with E-state index >= 15 is 0 Å². The predicted molar refractivity (Wildman–Crippen MR) is 78.0 cm³/mol. The van der Waals surface area contributed by atoms with Crippen molar-refractivity contribution in [2.45, 2.75) is 18.7 Å². The van der Waals surface area contributed by atoms with E-state index in [2.05, 4.69) is 30.8 Å². The summed E-state index contributed by atoms with van der Waals surface area (Å²) in [6.45, 7) is 3.59. The van der Waals surface area contributed by atoms with Gasteiger partial charge in [0.05, 0.1) is 5.02 Å². The standard InChI is InChI=1S/C11H11BrClN3O2S/c1-6-7(2)14-15-11(6)16-19(17,18)10-8(12)4-3-5-9(10)13/h3-5H,1-2H3,(H2,14,15,16). The van der Waals surface area contributed by atoms with Crippen LogP contribution in [0, 0.1) is 13.8 Å². The molecule has 2 aromatic rings. The van der Waals surface area contributed by atoms with Gasteiger partial charge in [-0.3, -0.25) is 9.82 Å². The molecule has 0 saturated carbocycles. The van der Waals surface area contributed by atoms with Crippen molar-refractivity contribution in [2.24, 2.45) is 0 Å². The van der Waals surface area contributed by atoms with Crippen LogP contribution in [0.2, 0.25) is 5.02 Å². The Hall–Kier alpha value is -1.05. The van der Waals surface area contributed by atoms with Gasteiger partial charge in [-0.2, -0.15) is 5.10 Å². The fraction of sp³-hybridized carbons (Fsp3) is 0.182. The van der Waals surface area contributed by atoms with Gasteiger partial charge in [-0.1, -0.05) is 17.7 Å². The summed E-state index contributed by atoms with van der Waals surface area (Å²) in [4.78, 5) is -0.00304. The number of H-pyrrole nitrogens is 1. The number of aromatic nitrogens is 2. The maximum atomic E-state index is 12.3. The molecule has 102 valence electrons. The first-order valence-corrected chi connectivity index (χ1v) is 7.96. The van der Waals surface area contributed by atoms with Gasteiger partial charge in [0.2, 0.25) is 0 Å². The van der Waals surface area contributed by atoms with Crippen molar-refractivity contribution in [3.05, 3.63) is 39.0 Å². The van der Waals surface area contributed by atoms with Crippen molar-refractivity contribution in [1.82, 2.24) is 10.2 Å². The van der Waals surface area contributed by atoms with Gasteiger partial charge in [-0.15, -0.1) is 0 Å². The molecule has 2 rings (SSSR count). The van der Waals surface area contributed by atoms with Gasteiger partial charge in [-0.25, -0.2) is 8.42 Å². The molecule has 0 bridgehead atoms. The molecule has 0 aliphatic heterocycles. The van der Waals surface area contributed by atoms with E-state index in [0.717, 1.165) is 11.3 Å². The normalized spacial score (nSPS) is 11.6. The van der Waals surface area contributed by atoms with E-state index in [1.165, 1.54) is 6.07 Å². The van der Waals surface area contributed by atoms with E-state index in [-0.39, 0.29) is 15.7 Å². The highest BCUT2D eigenvalue weighted by Crippen LogP contribution is 2.31. The molecule has 0 spiro atoms. The third-order valence-corrected chi connectivity index (χ3v) is 5.46. The number of aryl methyl sites for hydroxylation is 1. The number of benzene rings is 1. The van der Waals surface area contributed by atoms with E-state index in [4.69, 9.17) is 11.6 Å². The Bertz CT molecular complexity index is 707. The Balaban J connectivity index is 2.47. The van der Waals surface area contributed by atoms with Gasteiger partial charge in [-0.05, 0) is 41.9 Å². The van der Waals surface area contributed by atoms with Crippen molar-refractivity contribution in [1.29, 1.82) is 0 Å². The van der Waals surface area contributed by atoms with Crippen LogP contribution in [-0.4, -0.2) is 18.6 Å². The molecular formula is C11H11BrClN3O2S. The first kappa shape index (κ1) is 14.4. The van der Waals surface area contributed by atoms with E-state index in [1.807, 2.05) is 6.92 Å². The zero-order valence-corrected chi connectivity index (χ0v) is 13.3. The average molecular weight is 365 g/mol. The maximum absolute atomic E-state index is 12.3. The quantitative estimate of drug-likeness (QED) is 0.878. The van der Waals surface area contributed by atoms with Crippen molar-refractivity contribution in [2.75, 3.05) is 4.72 Å². The summed E-state index contributed by atoms with van der Waals surface area (Å²) in [5.74, 6) is 0.268. The molecular weight excluding hydrogens is 354 g/mol. The van der Waals surface area contributed by atoms with Gasteiger partial charge >= 0.3 is 0 Å². The van der Waals surface area contributed by atoms with Gasteiger partial charge < -0.3 is 0 Å². The number of aromatic amines is 1. The van der Waals surface area contributed by atoms with Crippen LogP contribution in [0.5, 0.6) is 0 Å². The fourth-order valence-corrected chi connectivity index (χ4v) is 4.31. The maximum Gasteiger partial charge on any atom is 0.265 e. The monoisotopic (exact) mass is 363 g/mol. The smallest absolute Gasteiger partial charge is 0.265 e. The van der Waals surface area contributed by atoms with Crippen LogP contribution in [0.25, 0.3) is 0 Å². The minimum absolute atomic E-state index is 0.00304. The fourth-order valence-electron chi connectivity index (χ4n) is 1.50. The second kappa shape index (κ2) is 5.15. The molecule has 0 amide bonds. The van der Waals surface area contributed by atoms with Gasteiger partial charge in [0.15, 0.2) is 5.82 Å². The van der Waals surface area contributed by atoms with E-state index in [9.17, 15) is 8.42 Å². The van der Waals surface area contributed by atoms with Crippen molar-refractivity contribution in [3.8, 4) is 0 Å². The molecule has 19 heavy (non-hydrogen) atoms. The summed E-state index contributed by atoms with van der Waals surface area (Å²) >= 11 is 9.14. The summed E-state index contributed by atoms with van der Waals surface area (Å²) < 4.78 is 27.5. The summed E-state index contributed by atoms with van der Waals surface area (Å²) in [6.07, 6.45) is 0. The molecule has 2 N–H and O–H groups in total. The number of nitrogens with zero attached hydrogens (tertiary/aromatic N) is 1. The van der Waals surface area contributed by atoms with Crippen LogP contribution in [0.15, 0.2) is 27.6 Å². The lowest BCUT2D eigenvalue weighted by Crippen LogP contribution is -2.15. The Labute approximate surface area is 124 Å². The summed E-state index contributed by atoms with van der Waals surface area (Å²) in [5, 5.41) is 6.78. The molecule has 0 fully saturated rings. The largest absolute Gasteiger partial charge is 0.280 e. The number of hydrogen-bond acceptors (Lipinski definition) is 3. The highest BCUT2D eigenvalue weighted by Gasteiger charge is 2.23. The molecule has 0 radical (unpaired) electrons. The second-order valence-corrected chi connectivity index (χ2v) is 6.86. The number of anilines is 1. The topological polar surface area (TPSA) is 74.8 Å². The van der Waals surface area contributed by atoms with Crippen LogP contribution in [0.4, 0.5) is 5.82 Å². The molecule has 1 aromatic heterocycles. The number of nitrogens with one attached hydrogen (secondary N) is 2. The van der Waals surface area contributed by atoms with Crippen molar-refractivity contribution < 1.29 is 8.42 Å².